The van der Waals surface area contributed by atoms with Crippen molar-refractivity contribution in [2.24, 2.45) is 11.8 Å². The van der Waals surface area contributed by atoms with Crippen LogP contribution < -0.4 is 0 Å². The zero-order chi connectivity index (χ0) is 11.5. The van der Waals surface area contributed by atoms with Crippen LogP contribution in [0.5, 0.6) is 0 Å². The van der Waals surface area contributed by atoms with Crippen molar-refractivity contribution >= 4 is 0 Å². The van der Waals surface area contributed by atoms with E-state index >= 15 is 0 Å². The van der Waals surface area contributed by atoms with E-state index in [-0.39, 0.29) is 6.61 Å². The van der Waals surface area contributed by atoms with Gasteiger partial charge in [0.05, 0.1) is 26.7 Å². The zero-order valence-electron chi connectivity index (χ0n) is 10.3. The number of nitrogens with zero attached hydrogens (tertiary/aromatic N) is 1. The minimum Gasteiger partial charge on any atom is -0.393 e. The number of aliphatic hydroxyl groups is 2. The standard InChI is InChI=1S/C12H26NO2/c1-4-10-6-13(3,7-11(10)5-2)8-12(15)9-14/h10-12,14-15H,4-9H2,1-3H3/q+1. The molecule has 15 heavy (non-hydrogen) atoms. The van der Waals surface area contributed by atoms with Crippen LogP contribution in [0.2, 0.25) is 0 Å². The van der Waals surface area contributed by atoms with Crippen LogP contribution in [-0.2, 0) is 0 Å². The number of quaternary nitrogens is 1. The smallest absolute Gasteiger partial charge is 0.126 e. The van der Waals surface area contributed by atoms with Crippen molar-refractivity contribution in [1.82, 2.24) is 0 Å². The number of likely N-dealkylation sites (tertiary alicyclic amines) is 1. The lowest BCUT2D eigenvalue weighted by Crippen LogP contribution is -2.48. The third-order valence-corrected chi connectivity index (χ3v) is 3.93. The number of rotatable bonds is 5. The molecule has 0 aromatic heterocycles. The summed E-state index contributed by atoms with van der Waals surface area (Å²) in [5.74, 6) is 1.59. The first-order valence-electron chi connectivity index (χ1n) is 6.17. The van der Waals surface area contributed by atoms with Crippen LogP contribution >= 0.6 is 0 Å². The molecule has 3 unspecified atom stereocenters. The van der Waals surface area contributed by atoms with Crippen molar-refractivity contribution in [1.29, 1.82) is 0 Å². The van der Waals surface area contributed by atoms with Gasteiger partial charge in [0.2, 0.25) is 0 Å². The molecule has 0 spiro atoms. The molecule has 3 heteroatoms. The van der Waals surface area contributed by atoms with Gasteiger partial charge < -0.3 is 14.7 Å². The molecular formula is C12H26NO2+. The van der Waals surface area contributed by atoms with Gasteiger partial charge in [0.25, 0.3) is 0 Å². The molecule has 1 fully saturated rings. The first-order chi connectivity index (χ1) is 7.04. The summed E-state index contributed by atoms with van der Waals surface area (Å²) in [7, 11) is 2.21. The lowest BCUT2D eigenvalue weighted by molar-refractivity contribution is -0.903. The highest BCUT2D eigenvalue weighted by atomic mass is 16.3. The van der Waals surface area contributed by atoms with Gasteiger partial charge in [-0.05, 0) is 12.8 Å². The Balaban J connectivity index is 2.56. The molecule has 1 aliphatic heterocycles. The van der Waals surface area contributed by atoms with Crippen molar-refractivity contribution in [3.63, 3.8) is 0 Å². The van der Waals surface area contributed by atoms with Crippen LogP contribution in [0.1, 0.15) is 26.7 Å². The molecule has 0 amide bonds. The summed E-state index contributed by atoms with van der Waals surface area (Å²) in [6.07, 6.45) is 1.92. The van der Waals surface area contributed by atoms with E-state index in [1.165, 1.54) is 12.8 Å². The molecule has 90 valence electrons. The molecule has 2 N–H and O–H groups in total. The van der Waals surface area contributed by atoms with E-state index in [1.54, 1.807) is 0 Å². The highest BCUT2D eigenvalue weighted by molar-refractivity contribution is 4.75. The van der Waals surface area contributed by atoms with Crippen LogP contribution in [0, 0.1) is 11.8 Å². The number of hydrogen-bond donors (Lipinski definition) is 2. The first-order valence-corrected chi connectivity index (χ1v) is 6.17. The Kier molecular flexibility index (Phi) is 4.56. The van der Waals surface area contributed by atoms with Gasteiger partial charge in [-0.3, -0.25) is 0 Å². The van der Waals surface area contributed by atoms with Crippen LogP contribution in [0.25, 0.3) is 0 Å². The lowest BCUT2D eigenvalue weighted by Gasteiger charge is -2.31. The van der Waals surface area contributed by atoms with Gasteiger partial charge in [0.1, 0.15) is 12.6 Å². The Morgan fingerprint density at radius 1 is 1.20 bits per heavy atom. The second-order valence-electron chi connectivity index (χ2n) is 5.34. The third-order valence-electron chi connectivity index (χ3n) is 3.93. The summed E-state index contributed by atoms with van der Waals surface area (Å²) in [5, 5.41) is 18.4. The van der Waals surface area contributed by atoms with Gasteiger partial charge in [0, 0.05) is 11.8 Å². The average molecular weight is 216 g/mol. The van der Waals surface area contributed by atoms with Crippen molar-refractivity contribution in [2.75, 3.05) is 33.3 Å². The van der Waals surface area contributed by atoms with E-state index in [0.717, 1.165) is 29.4 Å². The molecule has 0 aromatic carbocycles. The van der Waals surface area contributed by atoms with Gasteiger partial charge in [-0.15, -0.1) is 0 Å². The largest absolute Gasteiger partial charge is 0.393 e. The van der Waals surface area contributed by atoms with Crippen molar-refractivity contribution in [3.05, 3.63) is 0 Å². The van der Waals surface area contributed by atoms with Crippen molar-refractivity contribution in [3.8, 4) is 0 Å². The molecule has 1 heterocycles. The van der Waals surface area contributed by atoms with Gasteiger partial charge >= 0.3 is 0 Å². The normalized spacial score (nSPS) is 38.2. The van der Waals surface area contributed by atoms with E-state index in [2.05, 4.69) is 20.9 Å². The second kappa shape index (κ2) is 5.28. The number of likely N-dealkylation sites (N-methyl/N-ethyl adjacent to an activating group) is 1. The summed E-state index contributed by atoms with van der Waals surface area (Å²) in [6, 6.07) is 0. The van der Waals surface area contributed by atoms with Gasteiger partial charge in [-0.25, -0.2) is 0 Å². The minimum atomic E-state index is -0.553. The summed E-state index contributed by atoms with van der Waals surface area (Å²) in [5.41, 5.74) is 0. The molecule has 1 rings (SSSR count). The molecule has 0 bridgehead atoms. The minimum absolute atomic E-state index is 0.110. The molecule has 0 saturated carbocycles. The Hall–Kier alpha value is -0.120. The third kappa shape index (κ3) is 3.16. The molecule has 1 aliphatic rings. The van der Waals surface area contributed by atoms with Crippen LogP contribution in [-0.4, -0.2) is 54.1 Å². The van der Waals surface area contributed by atoms with Crippen LogP contribution in [0.15, 0.2) is 0 Å². The maximum atomic E-state index is 9.54. The number of hydrogen-bond acceptors (Lipinski definition) is 2. The summed E-state index contributed by atoms with van der Waals surface area (Å²) in [6.45, 7) is 7.42. The van der Waals surface area contributed by atoms with Crippen LogP contribution in [0.3, 0.4) is 0 Å². The molecule has 0 radical (unpaired) electrons. The molecule has 0 aliphatic carbocycles. The maximum Gasteiger partial charge on any atom is 0.126 e. The molecular weight excluding hydrogens is 190 g/mol. The fourth-order valence-electron chi connectivity index (χ4n) is 3.15. The topological polar surface area (TPSA) is 40.5 Å². The quantitative estimate of drug-likeness (QED) is 0.669. The molecule has 1 saturated heterocycles. The Bertz CT molecular complexity index is 184. The van der Waals surface area contributed by atoms with Gasteiger partial charge in [0.15, 0.2) is 0 Å². The summed E-state index contributed by atoms with van der Waals surface area (Å²) >= 11 is 0. The first kappa shape index (κ1) is 12.9. The lowest BCUT2D eigenvalue weighted by atomic mass is 9.92. The Labute approximate surface area is 93.3 Å². The predicted octanol–water partition coefficient (Wildman–Crippen LogP) is 0.852. The highest BCUT2D eigenvalue weighted by Crippen LogP contribution is 2.32. The summed E-state index contributed by atoms with van der Waals surface area (Å²) in [4.78, 5) is 0. The van der Waals surface area contributed by atoms with E-state index in [0.29, 0.717) is 6.54 Å². The zero-order valence-corrected chi connectivity index (χ0v) is 10.3. The second-order valence-corrected chi connectivity index (χ2v) is 5.34. The molecule has 3 atom stereocenters. The predicted molar refractivity (Wildman–Crippen MR) is 61.4 cm³/mol. The highest BCUT2D eigenvalue weighted by Gasteiger charge is 2.41. The number of aliphatic hydroxyl groups excluding tert-OH is 2. The summed E-state index contributed by atoms with van der Waals surface area (Å²) < 4.78 is 0.929. The van der Waals surface area contributed by atoms with Gasteiger partial charge in [-0.2, -0.15) is 0 Å². The van der Waals surface area contributed by atoms with E-state index in [1.807, 2.05) is 0 Å². The Morgan fingerprint density at radius 3 is 2.00 bits per heavy atom. The van der Waals surface area contributed by atoms with Crippen molar-refractivity contribution < 1.29 is 14.7 Å². The fraction of sp³-hybridized carbons (Fsp3) is 1.00. The fourth-order valence-corrected chi connectivity index (χ4v) is 3.15. The molecule has 3 nitrogen and oxygen atoms in total. The Morgan fingerprint density at radius 2 is 1.67 bits per heavy atom. The van der Waals surface area contributed by atoms with E-state index in [4.69, 9.17) is 5.11 Å². The molecule has 0 aromatic rings. The van der Waals surface area contributed by atoms with E-state index < -0.39 is 6.10 Å². The van der Waals surface area contributed by atoms with Crippen molar-refractivity contribution in [2.45, 2.75) is 32.8 Å². The monoisotopic (exact) mass is 216 g/mol. The average Bonchev–Trinajstić information content (AvgIpc) is 2.54. The maximum absolute atomic E-state index is 9.54. The SMILES string of the molecule is CCC1C[N+](C)(CC(O)CO)CC1CC. The van der Waals surface area contributed by atoms with E-state index in [9.17, 15) is 5.11 Å². The van der Waals surface area contributed by atoms with Crippen LogP contribution in [0.4, 0.5) is 0 Å². The van der Waals surface area contributed by atoms with Gasteiger partial charge in [-0.1, -0.05) is 13.8 Å².